The number of aryl methyl sites for hydroxylation is 2. The summed E-state index contributed by atoms with van der Waals surface area (Å²) < 4.78 is 18.9. The zero-order chi connectivity index (χ0) is 14.8. The molecule has 1 aliphatic carbocycles. The topological polar surface area (TPSA) is 45.9 Å². The molecule has 0 radical (unpaired) electrons. The van der Waals surface area contributed by atoms with Crippen molar-refractivity contribution in [2.24, 2.45) is 0 Å². The third-order valence-electron chi connectivity index (χ3n) is 3.84. The summed E-state index contributed by atoms with van der Waals surface area (Å²) in [5.74, 6) is 0.158. The van der Waals surface area contributed by atoms with E-state index < -0.39 is 0 Å². The summed E-state index contributed by atoms with van der Waals surface area (Å²) >= 11 is 0. The number of benzene rings is 1. The number of rotatable bonds is 2. The van der Waals surface area contributed by atoms with Crippen LogP contribution in [0.15, 0.2) is 24.3 Å². The van der Waals surface area contributed by atoms with Crippen LogP contribution in [0.2, 0.25) is 0 Å². The highest BCUT2D eigenvalue weighted by atomic mass is 19.1. The molecule has 0 saturated carbocycles. The third kappa shape index (κ3) is 2.47. The van der Waals surface area contributed by atoms with Gasteiger partial charge >= 0.3 is 0 Å². The minimum Gasteiger partial charge on any atom is -0.496 e. The summed E-state index contributed by atoms with van der Waals surface area (Å²) in [6.45, 7) is 0. The number of hydrogen-bond acceptors (Lipinski definition) is 3. The molecule has 0 saturated heterocycles. The molecule has 1 aromatic carbocycles. The Bertz CT molecular complexity index is 734. The SMILES string of the molecule is COc1ccc(F)cc1-c1nc2c(cc1C#N)CCCC2. The fourth-order valence-corrected chi connectivity index (χ4v) is 2.79. The molecule has 1 heterocycles. The van der Waals surface area contributed by atoms with E-state index in [-0.39, 0.29) is 5.82 Å². The highest BCUT2D eigenvalue weighted by Crippen LogP contribution is 2.33. The first-order chi connectivity index (χ1) is 10.2. The molecule has 0 spiro atoms. The lowest BCUT2D eigenvalue weighted by atomic mass is 9.93. The van der Waals surface area contributed by atoms with Gasteiger partial charge < -0.3 is 4.74 Å². The number of ether oxygens (including phenoxy) is 1. The maximum absolute atomic E-state index is 13.6. The molecule has 0 amide bonds. The quantitative estimate of drug-likeness (QED) is 0.844. The Labute approximate surface area is 123 Å². The van der Waals surface area contributed by atoms with Crippen molar-refractivity contribution in [2.75, 3.05) is 7.11 Å². The van der Waals surface area contributed by atoms with Gasteiger partial charge in [-0.1, -0.05) is 0 Å². The van der Waals surface area contributed by atoms with E-state index in [1.165, 1.54) is 19.2 Å². The van der Waals surface area contributed by atoms with Gasteiger partial charge in [0.15, 0.2) is 0 Å². The first-order valence-corrected chi connectivity index (χ1v) is 6.99. The van der Waals surface area contributed by atoms with Gasteiger partial charge in [-0.15, -0.1) is 0 Å². The molecule has 0 atom stereocenters. The van der Waals surface area contributed by atoms with Gasteiger partial charge in [-0.2, -0.15) is 5.26 Å². The third-order valence-corrected chi connectivity index (χ3v) is 3.84. The molecule has 1 aliphatic rings. The lowest BCUT2D eigenvalue weighted by molar-refractivity contribution is 0.415. The normalized spacial score (nSPS) is 13.4. The van der Waals surface area contributed by atoms with Crippen molar-refractivity contribution in [3.05, 3.63) is 46.9 Å². The first-order valence-electron chi connectivity index (χ1n) is 6.99. The molecule has 2 aromatic rings. The zero-order valence-corrected chi connectivity index (χ0v) is 11.8. The number of nitrogens with zero attached hydrogens (tertiary/aromatic N) is 2. The van der Waals surface area contributed by atoms with Gasteiger partial charge in [-0.25, -0.2) is 4.39 Å². The minimum absolute atomic E-state index is 0.366. The Hall–Kier alpha value is -2.41. The minimum atomic E-state index is -0.366. The summed E-state index contributed by atoms with van der Waals surface area (Å²) in [5.41, 5.74) is 3.66. The molecular formula is C17H15FN2O. The van der Waals surface area contributed by atoms with Crippen molar-refractivity contribution < 1.29 is 9.13 Å². The van der Waals surface area contributed by atoms with E-state index in [4.69, 9.17) is 4.74 Å². The van der Waals surface area contributed by atoms with Crippen molar-refractivity contribution in [2.45, 2.75) is 25.7 Å². The van der Waals surface area contributed by atoms with Crippen LogP contribution in [0.3, 0.4) is 0 Å². The lowest BCUT2D eigenvalue weighted by Crippen LogP contribution is -2.08. The van der Waals surface area contributed by atoms with Crippen LogP contribution in [0.5, 0.6) is 5.75 Å². The molecule has 1 aromatic heterocycles. The number of fused-ring (bicyclic) bond motifs is 1. The first kappa shape index (κ1) is 13.6. The maximum Gasteiger partial charge on any atom is 0.128 e. The van der Waals surface area contributed by atoms with Gasteiger partial charge in [0, 0.05) is 11.3 Å². The zero-order valence-electron chi connectivity index (χ0n) is 11.8. The van der Waals surface area contributed by atoms with Crippen LogP contribution in [0, 0.1) is 17.1 Å². The number of halogens is 1. The molecule has 3 nitrogen and oxygen atoms in total. The van der Waals surface area contributed by atoms with E-state index in [9.17, 15) is 9.65 Å². The smallest absolute Gasteiger partial charge is 0.128 e. The van der Waals surface area contributed by atoms with Gasteiger partial charge in [0.05, 0.1) is 18.4 Å². The van der Waals surface area contributed by atoms with E-state index in [0.29, 0.717) is 22.6 Å². The predicted molar refractivity (Wildman–Crippen MR) is 77.5 cm³/mol. The van der Waals surface area contributed by atoms with Gasteiger partial charge in [0.25, 0.3) is 0 Å². The summed E-state index contributed by atoms with van der Waals surface area (Å²) in [6, 6.07) is 8.34. The van der Waals surface area contributed by atoms with Crippen LogP contribution in [0.25, 0.3) is 11.3 Å². The fourth-order valence-electron chi connectivity index (χ4n) is 2.79. The predicted octanol–water partition coefficient (Wildman–Crippen LogP) is 3.65. The molecule has 4 heteroatoms. The van der Waals surface area contributed by atoms with E-state index in [1.807, 2.05) is 6.07 Å². The largest absolute Gasteiger partial charge is 0.496 e. The van der Waals surface area contributed by atoms with Crippen LogP contribution in [-0.4, -0.2) is 12.1 Å². The number of pyridine rings is 1. The molecule has 0 fully saturated rings. The molecular weight excluding hydrogens is 267 g/mol. The Morgan fingerprint density at radius 3 is 2.81 bits per heavy atom. The van der Waals surface area contributed by atoms with Crippen molar-refractivity contribution in [1.82, 2.24) is 4.98 Å². The van der Waals surface area contributed by atoms with E-state index >= 15 is 0 Å². The van der Waals surface area contributed by atoms with Crippen molar-refractivity contribution in [3.63, 3.8) is 0 Å². The van der Waals surface area contributed by atoms with Gasteiger partial charge in [-0.05, 0) is 55.5 Å². The summed E-state index contributed by atoms with van der Waals surface area (Å²) in [7, 11) is 1.53. The van der Waals surface area contributed by atoms with Crippen LogP contribution in [0.4, 0.5) is 4.39 Å². The summed E-state index contributed by atoms with van der Waals surface area (Å²) in [5, 5.41) is 9.39. The van der Waals surface area contributed by atoms with E-state index in [1.54, 1.807) is 6.07 Å². The maximum atomic E-state index is 13.6. The van der Waals surface area contributed by atoms with Crippen molar-refractivity contribution in [1.29, 1.82) is 5.26 Å². The van der Waals surface area contributed by atoms with E-state index in [2.05, 4.69) is 11.1 Å². The van der Waals surface area contributed by atoms with Crippen molar-refractivity contribution in [3.8, 4) is 23.1 Å². The molecule has 3 rings (SSSR count). The van der Waals surface area contributed by atoms with Crippen LogP contribution in [-0.2, 0) is 12.8 Å². The fraction of sp³-hybridized carbons (Fsp3) is 0.294. The lowest BCUT2D eigenvalue weighted by Gasteiger charge is -2.17. The van der Waals surface area contributed by atoms with Gasteiger partial charge in [0.2, 0.25) is 0 Å². The van der Waals surface area contributed by atoms with Crippen LogP contribution in [0.1, 0.15) is 29.7 Å². The van der Waals surface area contributed by atoms with Gasteiger partial charge in [-0.3, -0.25) is 4.98 Å². The monoisotopic (exact) mass is 282 g/mol. The Morgan fingerprint density at radius 1 is 1.24 bits per heavy atom. The summed E-state index contributed by atoms with van der Waals surface area (Å²) in [6.07, 6.45) is 4.09. The molecule has 0 aliphatic heterocycles. The molecule has 0 unspecified atom stereocenters. The highest BCUT2D eigenvalue weighted by Gasteiger charge is 2.18. The molecule has 21 heavy (non-hydrogen) atoms. The molecule has 0 bridgehead atoms. The average Bonchev–Trinajstić information content (AvgIpc) is 2.53. The molecule has 0 N–H and O–H groups in total. The van der Waals surface area contributed by atoms with Crippen LogP contribution >= 0.6 is 0 Å². The second-order valence-electron chi connectivity index (χ2n) is 5.15. The Balaban J connectivity index is 2.22. The average molecular weight is 282 g/mol. The molecule has 106 valence electrons. The number of nitriles is 1. The standard InChI is InChI=1S/C17H15FN2O/c1-21-16-7-6-13(18)9-14(16)17-12(10-19)8-11-4-2-3-5-15(11)20-17/h6-9H,2-5H2,1H3. The van der Waals surface area contributed by atoms with E-state index in [0.717, 1.165) is 36.9 Å². The Morgan fingerprint density at radius 2 is 2.05 bits per heavy atom. The second-order valence-corrected chi connectivity index (χ2v) is 5.15. The number of methoxy groups -OCH3 is 1. The van der Waals surface area contributed by atoms with Crippen molar-refractivity contribution >= 4 is 0 Å². The Kier molecular flexibility index (Phi) is 3.57. The number of aromatic nitrogens is 1. The summed E-state index contributed by atoms with van der Waals surface area (Å²) in [4.78, 5) is 4.63. The van der Waals surface area contributed by atoms with Crippen LogP contribution < -0.4 is 4.74 Å². The second kappa shape index (κ2) is 5.53. The highest BCUT2D eigenvalue weighted by molar-refractivity contribution is 5.73. The van der Waals surface area contributed by atoms with Gasteiger partial charge in [0.1, 0.15) is 17.6 Å². The number of hydrogen-bond donors (Lipinski definition) is 0.